The molecular formula is C30H30N8. The van der Waals surface area contributed by atoms with E-state index < -0.39 is 0 Å². The lowest BCUT2D eigenvalue weighted by Crippen LogP contribution is -2.21. The maximum atomic E-state index is 4.57. The molecule has 0 fully saturated rings. The van der Waals surface area contributed by atoms with Crippen LogP contribution in [0.5, 0.6) is 0 Å². The van der Waals surface area contributed by atoms with E-state index in [-0.39, 0.29) is 0 Å². The number of hydrogen-bond donors (Lipinski definition) is 3. The molecule has 5 rings (SSSR count). The van der Waals surface area contributed by atoms with E-state index in [1.165, 1.54) is 0 Å². The summed E-state index contributed by atoms with van der Waals surface area (Å²) in [6.07, 6.45) is 11.2. The van der Waals surface area contributed by atoms with Crippen molar-refractivity contribution in [1.82, 2.24) is 35.0 Å². The lowest BCUT2D eigenvalue weighted by atomic mass is 10.1. The summed E-state index contributed by atoms with van der Waals surface area (Å²) in [5.41, 5.74) is 8.14. The molecule has 8 heteroatoms. The maximum absolute atomic E-state index is 4.57. The van der Waals surface area contributed by atoms with Crippen LogP contribution in [0.25, 0.3) is 51.9 Å². The Kier molecular flexibility index (Phi) is 6.97. The predicted octanol–water partition coefficient (Wildman–Crippen LogP) is 4.19. The maximum Gasteiger partial charge on any atom is 0.116 e. The van der Waals surface area contributed by atoms with E-state index in [1.807, 2.05) is 56.7 Å². The summed E-state index contributed by atoms with van der Waals surface area (Å²) in [4.78, 5) is 18.9. The monoisotopic (exact) mass is 502 g/mol. The fraction of sp³-hybridized carbons (Fsp3) is 0.133. The highest BCUT2D eigenvalue weighted by molar-refractivity contribution is 5.95. The summed E-state index contributed by atoms with van der Waals surface area (Å²) >= 11 is 0. The number of pyridine rings is 3. The molecule has 0 spiro atoms. The number of nitrogens with one attached hydrogen (secondary N) is 3. The molecule has 0 aliphatic heterocycles. The third-order valence-electron chi connectivity index (χ3n) is 6.13. The fourth-order valence-electron chi connectivity index (χ4n) is 4.28. The van der Waals surface area contributed by atoms with Crippen molar-refractivity contribution in [1.29, 1.82) is 0 Å². The van der Waals surface area contributed by atoms with Crippen molar-refractivity contribution >= 4 is 34.8 Å². The molecule has 0 unspecified atom stereocenters. The zero-order chi connectivity index (χ0) is 26.6. The van der Waals surface area contributed by atoms with Crippen molar-refractivity contribution < 1.29 is 0 Å². The lowest BCUT2D eigenvalue weighted by Gasteiger charge is -2.14. The van der Waals surface area contributed by atoms with E-state index in [4.69, 9.17) is 0 Å². The Balaban J connectivity index is 1.42. The molecule has 0 saturated carbocycles. The fourth-order valence-corrected chi connectivity index (χ4v) is 4.28. The highest BCUT2D eigenvalue weighted by Gasteiger charge is 2.13. The van der Waals surface area contributed by atoms with Gasteiger partial charge in [-0.2, -0.15) is 5.10 Å². The van der Waals surface area contributed by atoms with Crippen LogP contribution in [-0.4, -0.2) is 55.7 Å². The number of likely N-dealkylation sites (N-methyl/N-ethyl adjacent to an activating group) is 1. The minimum atomic E-state index is 0.749. The number of nitrogens with zero attached hydrogens (tertiary/aromatic N) is 5. The van der Waals surface area contributed by atoms with Crippen LogP contribution >= 0.6 is 0 Å². The predicted molar refractivity (Wildman–Crippen MR) is 155 cm³/mol. The molecule has 0 aliphatic rings. The van der Waals surface area contributed by atoms with Gasteiger partial charge in [0.2, 0.25) is 0 Å². The highest BCUT2D eigenvalue weighted by atomic mass is 15.1. The number of hydrogen-bond acceptors (Lipinski definition) is 6. The van der Waals surface area contributed by atoms with E-state index >= 15 is 0 Å². The van der Waals surface area contributed by atoms with Crippen LogP contribution in [-0.2, 0) is 0 Å². The summed E-state index contributed by atoms with van der Waals surface area (Å²) in [7, 11) is 4.02. The molecule has 0 bridgehead atoms. The van der Waals surface area contributed by atoms with Crippen LogP contribution in [0.4, 0.5) is 5.69 Å². The van der Waals surface area contributed by atoms with Crippen molar-refractivity contribution in [2.75, 3.05) is 26.0 Å². The minimum absolute atomic E-state index is 0.749. The molecule has 0 atom stereocenters. The van der Waals surface area contributed by atoms with Crippen LogP contribution in [0.3, 0.4) is 0 Å². The Morgan fingerprint density at radius 3 is 2.74 bits per heavy atom. The van der Waals surface area contributed by atoms with Gasteiger partial charge in [-0.05, 0) is 68.6 Å². The summed E-state index contributed by atoms with van der Waals surface area (Å²) in [5, 5.41) is 13.6. The van der Waals surface area contributed by atoms with Gasteiger partial charge in [-0.1, -0.05) is 25.3 Å². The molecule has 190 valence electrons. The second-order valence-electron chi connectivity index (χ2n) is 9.43. The van der Waals surface area contributed by atoms with Gasteiger partial charge >= 0.3 is 0 Å². The normalized spacial score (nSPS) is 12.4. The van der Waals surface area contributed by atoms with Crippen LogP contribution in [0.1, 0.15) is 12.5 Å². The molecule has 5 heterocycles. The van der Waals surface area contributed by atoms with Crippen LogP contribution in [0.2, 0.25) is 0 Å². The van der Waals surface area contributed by atoms with Crippen molar-refractivity contribution in [3.05, 3.63) is 95.7 Å². The molecule has 5 aromatic rings. The zero-order valence-corrected chi connectivity index (χ0v) is 21.8. The van der Waals surface area contributed by atoms with E-state index in [1.54, 1.807) is 18.6 Å². The van der Waals surface area contributed by atoms with Crippen molar-refractivity contribution in [2.45, 2.75) is 6.92 Å². The Morgan fingerprint density at radius 1 is 1.08 bits per heavy atom. The summed E-state index contributed by atoms with van der Waals surface area (Å²) in [6.45, 7) is 11.2. The second kappa shape index (κ2) is 10.7. The SMILES string of the molecule is C=C(CN(C)C)Nc1cncc(/C(C)=C/C=c2/[nH]nc(-c3cc4c(-c5ccccn5)nccc4[nH]3)c2=C)c1. The quantitative estimate of drug-likeness (QED) is 0.294. The first-order valence-corrected chi connectivity index (χ1v) is 12.3. The van der Waals surface area contributed by atoms with Gasteiger partial charge in [0, 0.05) is 47.0 Å². The third kappa shape index (κ3) is 5.30. The van der Waals surface area contributed by atoms with Crippen LogP contribution in [0, 0.1) is 0 Å². The molecule has 0 aliphatic carbocycles. The average Bonchev–Trinajstić information content (AvgIpc) is 3.50. The first kappa shape index (κ1) is 24.9. The Hall–Kier alpha value is -4.82. The third-order valence-corrected chi connectivity index (χ3v) is 6.13. The van der Waals surface area contributed by atoms with Crippen LogP contribution in [0.15, 0.2) is 79.5 Å². The van der Waals surface area contributed by atoms with Crippen molar-refractivity contribution in [2.24, 2.45) is 0 Å². The van der Waals surface area contributed by atoms with Gasteiger partial charge in [-0.25, -0.2) is 0 Å². The standard InChI is InChI=1S/C30H30N8/c1-19(22-14-23(17-31-16-22)34-20(2)18-38(4)5)9-10-25-21(3)29(37-36-25)28-15-24-26(35-28)11-13-33-30(24)27-8-6-7-12-32-27/h6-17,34-36H,2-3,18H2,1,4-5H3/b19-9+,25-10+. The summed E-state index contributed by atoms with van der Waals surface area (Å²) in [6, 6.07) is 11.9. The average molecular weight is 503 g/mol. The molecule has 0 amide bonds. The number of H-pyrrole nitrogens is 2. The van der Waals surface area contributed by atoms with Crippen molar-refractivity contribution in [3.8, 4) is 22.8 Å². The number of allylic oxidation sites excluding steroid dienone is 2. The van der Waals surface area contributed by atoms with E-state index in [9.17, 15) is 0 Å². The van der Waals surface area contributed by atoms with Gasteiger partial charge in [0.15, 0.2) is 0 Å². The first-order chi connectivity index (χ1) is 18.4. The first-order valence-electron chi connectivity index (χ1n) is 12.3. The van der Waals surface area contributed by atoms with Gasteiger partial charge in [0.1, 0.15) is 5.69 Å². The number of rotatable bonds is 8. The molecular weight excluding hydrogens is 472 g/mol. The van der Waals surface area contributed by atoms with E-state index in [0.29, 0.717) is 0 Å². The Morgan fingerprint density at radius 2 is 1.95 bits per heavy atom. The largest absolute Gasteiger partial charge is 0.357 e. The lowest BCUT2D eigenvalue weighted by molar-refractivity contribution is 0.447. The zero-order valence-electron chi connectivity index (χ0n) is 21.8. The van der Waals surface area contributed by atoms with Crippen molar-refractivity contribution in [3.63, 3.8) is 0 Å². The molecule has 0 radical (unpaired) electrons. The molecule has 0 saturated heterocycles. The molecule has 0 aromatic carbocycles. The Bertz CT molecular complexity index is 1740. The van der Waals surface area contributed by atoms with E-state index in [0.717, 1.165) is 73.3 Å². The van der Waals surface area contributed by atoms with Gasteiger partial charge in [0.05, 0.1) is 34.3 Å². The van der Waals surface area contributed by atoms with Gasteiger partial charge in [-0.15, -0.1) is 0 Å². The van der Waals surface area contributed by atoms with Gasteiger partial charge < -0.3 is 15.2 Å². The second-order valence-corrected chi connectivity index (χ2v) is 9.43. The number of aromatic nitrogens is 6. The smallest absolute Gasteiger partial charge is 0.116 e. The summed E-state index contributed by atoms with van der Waals surface area (Å²) < 4.78 is 0. The van der Waals surface area contributed by atoms with Gasteiger partial charge in [-0.3, -0.25) is 20.1 Å². The number of anilines is 1. The minimum Gasteiger partial charge on any atom is -0.357 e. The molecule has 8 nitrogen and oxygen atoms in total. The molecule has 5 aromatic heterocycles. The van der Waals surface area contributed by atoms with E-state index in [2.05, 4.69) is 72.6 Å². The topological polar surface area (TPSA) is 98.4 Å². The van der Waals surface area contributed by atoms with Gasteiger partial charge in [0.25, 0.3) is 0 Å². The number of fused-ring (bicyclic) bond motifs is 1. The number of aromatic amines is 2. The summed E-state index contributed by atoms with van der Waals surface area (Å²) in [5.74, 6) is 0. The Labute approximate surface area is 221 Å². The van der Waals surface area contributed by atoms with Crippen LogP contribution < -0.4 is 15.9 Å². The molecule has 38 heavy (non-hydrogen) atoms. The highest BCUT2D eigenvalue weighted by Crippen LogP contribution is 2.28. The molecule has 3 N–H and O–H groups in total.